The smallest absolute Gasteiger partial charge is 0.256 e. The first-order valence-electron chi connectivity index (χ1n) is 8.78. The summed E-state index contributed by atoms with van der Waals surface area (Å²) in [5, 5.41) is 13.5. The van der Waals surface area contributed by atoms with E-state index in [9.17, 15) is 14.3 Å². The van der Waals surface area contributed by atoms with E-state index in [2.05, 4.69) is 15.0 Å². The van der Waals surface area contributed by atoms with Crippen molar-refractivity contribution in [3.8, 4) is 5.88 Å². The number of nitrogens with zero attached hydrogens (tertiary/aromatic N) is 2. The summed E-state index contributed by atoms with van der Waals surface area (Å²) in [6.07, 6.45) is 2.10. The van der Waals surface area contributed by atoms with Crippen LogP contribution in [0.1, 0.15) is 16.7 Å². The summed E-state index contributed by atoms with van der Waals surface area (Å²) in [6.45, 7) is 0. The van der Waals surface area contributed by atoms with Gasteiger partial charge < -0.3 is 14.8 Å². The predicted octanol–water partition coefficient (Wildman–Crippen LogP) is 3.92. The highest BCUT2D eigenvalue weighted by molar-refractivity contribution is 7.19. The van der Waals surface area contributed by atoms with Crippen LogP contribution >= 0.6 is 11.3 Å². The minimum Gasteiger partial charge on any atom is -0.481 e. The Kier molecular flexibility index (Phi) is 4.04. The maximum absolute atomic E-state index is 13.9. The van der Waals surface area contributed by atoms with Crippen LogP contribution in [0.5, 0.6) is 5.88 Å². The van der Waals surface area contributed by atoms with E-state index in [0.717, 1.165) is 4.70 Å². The van der Waals surface area contributed by atoms with E-state index in [4.69, 9.17) is 4.74 Å². The fraction of sp³-hybridized carbons (Fsp3) is 0.0952. The van der Waals surface area contributed by atoms with Crippen LogP contribution in [0.3, 0.4) is 0 Å². The van der Waals surface area contributed by atoms with Gasteiger partial charge in [-0.2, -0.15) is 0 Å². The number of hydrogen-bond acceptors (Lipinski definition) is 6. The fourth-order valence-corrected chi connectivity index (χ4v) is 4.63. The van der Waals surface area contributed by atoms with Gasteiger partial charge in [0.05, 0.1) is 22.7 Å². The Morgan fingerprint density at radius 1 is 1.17 bits per heavy atom. The number of methoxy groups -OCH3 is 1. The van der Waals surface area contributed by atoms with Crippen LogP contribution in [0, 0.1) is 5.82 Å². The largest absolute Gasteiger partial charge is 0.481 e. The van der Waals surface area contributed by atoms with Crippen molar-refractivity contribution < 1.29 is 14.2 Å². The molecule has 0 aliphatic heterocycles. The second-order valence-corrected chi connectivity index (χ2v) is 7.58. The van der Waals surface area contributed by atoms with Crippen LogP contribution in [-0.4, -0.2) is 27.2 Å². The number of pyridine rings is 2. The molecule has 1 unspecified atom stereocenters. The van der Waals surface area contributed by atoms with Crippen molar-refractivity contribution >= 4 is 43.1 Å². The van der Waals surface area contributed by atoms with Gasteiger partial charge in [0, 0.05) is 40.2 Å². The number of benzene rings is 2. The molecule has 144 valence electrons. The monoisotopic (exact) mass is 407 g/mol. The Balaban J connectivity index is 1.80. The molecule has 0 amide bonds. The third-order valence-corrected chi connectivity index (χ3v) is 6.01. The molecule has 0 spiro atoms. The fourth-order valence-electron chi connectivity index (χ4n) is 3.50. The van der Waals surface area contributed by atoms with Gasteiger partial charge in [0.2, 0.25) is 5.88 Å². The number of H-pyrrole nitrogens is 1. The van der Waals surface area contributed by atoms with Crippen molar-refractivity contribution in [2.24, 2.45) is 0 Å². The lowest BCUT2D eigenvalue weighted by molar-refractivity contribution is 0.219. The van der Waals surface area contributed by atoms with Gasteiger partial charge in [-0.05, 0) is 30.3 Å². The second kappa shape index (κ2) is 6.61. The van der Waals surface area contributed by atoms with Gasteiger partial charge in [0.15, 0.2) is 0 Å². The summed E-state index contributed by atoms with van der Waals surface area (Å²) in [5.41, 5.74) is 0.899. The molecule has 2 N–H and O–H groups in total. The van der Waals surface area contributed by atoms with Gasteiger partial charge in [0.25, 0.3) is 5.56 Å². The van der Waals surface area contributed by atoms with E-state index in [1.165, 1.54) is 36.8 Å². The lowest BCUT2D eigenvalue weighted by Gasteiger charge is -2.07. The zero-order valence-corrected chi connectivity index (χ0v) is 16.0. The number of thiazole rings is 1. The Morgan fingerprint density at radius 2 is 2.03 bits per heavy atom. The molecule has 5 rings (SSSR count). The van der Waals surface area contributed by atoms with Gasteiger partial charge in [-0.15, -0.1) is 11.3 Å². The van der Waals surface area contributed by atoms with Crippen molar-refractivity contribution in [3.63, 3.8) is 0 Å². The molecule has 3 heterocycles. The number of ether oxygens (including phenoxy) is 1. The molecule has 0 bridgehead atoms. The van der Waals surface area contributed by atoms with Gasteiger partial charge in [0.1, 0.15) is 16.9 Å². The molecule has 29 heavy (non-hydrogen) atoms. The summed E-state index contributed by atoms with van der Waals surface area (Å²) in [4.78, 5) is 23.9. The molecule has 0 fully saturated rings. The van der Waals surface area contributed by atoms with Crippen LogP contribution < -0.4 is 10.3 Å². The number of halogens is 1. The molecule has 0 aliphatic rings. The lowest BCUT2D eigenvalue weighted by atomic mass is 10.0. The minimum atomic E-state index is -0.988. The summed E-state index contributed by atoms with van der Waals surface area (Å²) < 4.78 is 19.7. The molecular formula is C21H14FN3O3S. The number of nitrogens with one attached hydrogen (secondary N) is 1. The molecule has 1 atom stereocenters. The van der Waals surface area contributed by atoms with Crippen LogP contribution in [0.15, 0.2) is 53.6 Å². The lowest BCUT2D eigenvalue weighted by Crippen LogP contribution is -2.05. The van der Waals surface area contributed by atoms with E-state index in [1.807, 2.05) is 0 Å². The highest BCUT2D eigenvalue weighted by Crippen LogP contribution is 2.39. The Labute approximate surface area is 167 Å². The first-order chi connectivity index (χ1) is 14.1. The topological polar surface area (TPSA) is 88.1 Å². The second-order valence-electron chi connectivity index (χ2n) is 6.55. The van der Waals surface area contributed by atoms with Crippen molar-refractivity contribution in [2.45, 2.75) is 6.10 Å². The molecule has 0 saturated carbocycles. The maximum Gasteiger partial charge on any atom is 0.256 e. The predicted molar refractivity (Wildman–Crippen MR) is 110 cm³/mol. The molecule has 0 aliphatic carbocycles. The summed E-state index contributed by atoms with van der Waals surface area (Å²) in [7, 11) is 1.52. The average molecular weight is 407 g/mol. The highest BCUT2D eigenvalue weighted by atomic mass is 32.1. The number of hydrogen-bond donors (Lipinski definition) is 2. The average Bonchev–Trinajstić information content (AvgIpc) is 3.19. The van der Waals surface area contributed by atoms with E-state index < -0.39 is 11.9 Å². The van der Waals surface area contributed by atoms with Crippen LogP contribution in [-0.2, 0) is 0 Å². The SMILES string of the molecule is COc1ccc(C(O)c2nc3c4ccc(F)cc4c4c(=O)[nH]ccc4c3s2)cn1. The quantitative estimate of drug-likeness (QED) is 0.443. The van der Waals surface area contributed by atoms with Crippen molar-refractivity contribution in [2.75, 3.05) is 7.11 Å². The van der Waals surface area contributed by atoms with Crippen molar-refractivity contribution in [1.82, 2.24) is 15.0 Å². The molecule has 0 saturated heterocycles. The number of rotatable bonds is 3. The molecule has 2 aromatic carbocycles. The first-order valence-corrected chi connectivity index (χ1v) is 9.59. The minimum absolute atomic E-state index is 0.296. The van der Waals surface area contributed by atoms with Gasteiger partial charge in [-0.3, -0.25) is 4.79 Å². The molecule has 0 radical (unpaired) electrons. The molecule has 8 heteroatoms. The van der Waals surface area contributed by atoms with E-state index in [-0.39, 0.29) is 5.56 Å². The maximum atomic E-state index is 13.9. The van der Waals surface area contributed by atoms with Gasteiger partial charge in [-0.25, -0.2) is 14.4 Å². The van der Waals surface area contributed by atoms with Crippen LogP contribution in [0.2, 0.25) is 0 Å². The molecular weight excluding hydrogens is 393 g/mol. The number of aliphatic hydroxyl groups excluding tert-OH is 1. The number of aliphatic hydroxyl groups is 1. The number of aromatic nitrogens is 3. The third kappa shape index (κ3) is 2.76. The zero-order valence-electron chi connectivity index (χ0n) is 15.1. The molecule has 6 nitrogen and oxygen atoms in total. The Hall–Kier alpha value is -3.36. The van der Waals surface area contributed by atoms with Crippen molar-refractivity contribution in [3.05, 3.63) is 75.5 Å². The highest BCUT2D eigenvalue weighted by Gasteiger charge is 2.20. The standard InChI is InChI=1S/C21H14FN3O3S/c1-28-15-5-2-10(9-24-15)18(26)21-25-17-12-4-3-11(22)8-14(12)16-13(19(17)29-21)6-7-23-20(16)27/h2-9,18,26H,1H3,(H,23,27). The normalized spacial score (nSPS) is 12.7. The van der Waals surface area contributed by atoms with Crippen molar-refractivity contribution in [1.29, 1.82) is 0 Å². The Morgan fingerprint density at radius 3 is 2.79 bits per heavy atom. The Bertz CT molecular complexity index is 1440. The summed E-state index contributed by atoms with van der Waals surface area (Å²) in [5.74, 6) is 0.0182. The summed E-state index contributed by atoms with van der Waals surface area (Å²) >= 11 is 1.30. The molecule has 5 aromatic rings. The third-order valence-electron chi connectivity index (χ3n) is 4.87. The first kappa shape index (κ1) is 17.7. The van der Waals surface area contributed by atoms with E-state index >= 15 is 0 Å². The number of aromatic amines is 1. The zero-order chi connectivity index (χ0) is 20.1. The van der Waals surface area contributed by atoms with E-state index in [1.54, 1.807) is 30.5 Å². The molecule has 3 aromatic heterocycles. The van der Waals surface area contributed by atoms with Gasteiger partial charge >= 0.3 is 0 Å². The van der Waals surface area contributed by atoms with E-state index in [0.29, 0.717) is 43.5 Å². The van der Waals surface area contributed by atoms with Crippen LogP contribution in [0.4, 0.5) is 4.39 Å². The van der Waals surface area contributed by atoms with Crippen LogP contribution in [0.25, 0.3) is 31.8 Å². The number of fused-ring (bicyclic) bond motifs is 6. The summed E-state index contributed by atoms with van der Waals surface area (Å²) in [6, 6.07) is 9.46. The van der Waals surface area contributed by atoms with Gasteiger partial charge in [-0.1, -0.05) is 0 Å².